The second kappa shape index (κ2) is 4.53. The molecule has 1 unspecified atom stereocenters. The van der Waals surface area contributed by atoms with Crippen molar-refractivity contribution in [1.29, 1.82) is 0 Å². The van der Waals surface area contributed by atoms with Crippen LogP contribution in [0.5, 0.6) is 0 Å². The van der Waals surface area contributed by atoms with Gasteiger partial charge in [0.05, 0.1) is 6.04 Å². The van der Waals surface area contributed by atoms with Gasteiger partial charge in [0.1, 0.15) is 9.61 Å². The van der Waals surface area contributed by atoms with Crippen molar-refractivity contribution in [1.82, 2.24) is 4.98 Å². The van der Waals surface area contributed by atoms with Crippen LogP contribution in [0.25, 0.3) is 0 Å². The Kier molecular flexibility index (Phi) is 3.88. The van der Waals surface area contributed by atoms with Gasteiger partial charge in [-0.1, -0.05) is 20.8 Å². The van der Waals surface area contributed by atoms with Crippen LogP contribution >= 0.6 is 27.3 Å². The highest BCUT2D eigenvalue weighted by Gasteiger charge is 2.16. The van der Waals surface area contributed by atoms with Crippen molar-refractivity contribution in [3.05, 3.63) is 14.5 Å². The zero-order valence-corrected chi connectivity index (χ0v) is 10.6. The van der Waals surface area contributed by atoms with Gasteiger partial charge in [-0.25, -0.2) is 4.98 Å². The normalized spacial score (nSPS) is 13.7. The van der Waals surface area contributed by atoms with Crippen LogP contribution < -0.4 is 5.73 Å². The summed E-state index contributed by atoms with van der Waals surface area (Å²) < 4.78 is 0.964. The number of hydrogen-bond acceptors (Lipinski definition) is 3. The summed E-state index contributed by atoms with van der Waals surface area (Å²) in [5, 5.41) is 1.04. The van der Waals surface area contributed by atoms with Crippen molar-refractivity contribution in [2.45, 2.75) is 33.2 Å². The van der Waals surface area contributed by atoms with Crippen LogP contribution in [0.2, 0.25) is 0 Å². The summed E-state index contributed by atoms with van der Waals surface area (Å²) in [7, 11) is 0. The number of nitrogens with zero attached hydrogens (tertiary/aromatic N) is 1. The van der Waals surface area contributed by atoms with E-state index in [4.69, 9.17) is 5.73 Å². The van der Waals surface area contributed by atoms with Gasteiger partial charge < -0.3 is 5.73 Å². The molecule has 2 nitrogen and oxygen atoms in total. The van der Waals surface area contributed by atoms with Gasteiger partial charge in [-0.2, -0.15) is 0 Å². The summed E-state index contributed by atoms with van der Waals surface area (Å²) in [5.41, 5.74) is 6.00. The Morgan fingerprint density at radius 3 is 2.54 bits per heavy atom. The monoisotopic (exact) mass is 262 g/mol. The van der Waals surface area contributed by atoms with Crippen LogP contribution in [0.4, 0.5) is 0 Å². The number of aryl methyl sites for hydroxylation is 1. The molecule has 1 rings (SSSR count). The molecule has 1 aromatic heterocycles. The molecule has 2 N–H and O–H groups in total. The van der Waals surface area contributed by atoms with Gasteiger partial charge in [0, 0.05) is 4.88 Å². The highest BCUT2D eigenvalue weighted by molar-refractivity contribution is 9.10. The average Bonchev–Trinajstić information content (AvgIpc) is 2.45. The van der Waals surface area contributed by atoms with Gasteiger partial charge in [0.2, 0.25) is 0 Å². The van der Waals surface area contributed by atoms with Crippen molar-refractivity contribution in [3.8, 4) is 0 Å². The quantitative estimate of drug-likeness (QED) is 0.909. The van der Waals surface area contributed by atoms with E-state index in [9.17, 15) is 0 Å². The first-order chi connectivity index (χ1) is 6.06. The minimum atomic E-state index is 0.0709. The second-order valence-corrected chi connectivity index (χ2v) is 5.26. The van der Waals surface area contributed by atoms with E-state index >= 15 is 0 Å². The van der Waals surface area contributed by atoms with Crippen LogP contribution in [0, 0.1) is 5.92 Å². The first-order valence-electron chi connectivity index (χ1n) is 4.47. The molecular weight excluding hydrogens is 248 g/mol. The fourth-order valence-corrected chi connectivity index (χ4v) is 2.90. The van der Waals surface area contributed by atoms with E-state index in [2.05, 4.69) is 41.7 Å². The van der Waals surface area contributed by atoms with Gasteiger partial charge in [-0.15, -0.1) is 11.3 Å². The third-order valence-electron chi connectivity index (χ3n) is 1.99. The zero-order chi connectivity index (χ0) is 10.0. The van der Waals surface area contributed by atoms with Crippen LogP contribution in [0.3, 0.4) is 0 Å². The molecule has 0 radical (unpaired) electrons. The van der Waals surface area contributed by atoms with Crippen LogP contribution in [-0.4, -0.2) is 4.98 Å². The number of hydrogen-bond donors (Lipinski definition) is 1. The Morgan fingerprint density at radius 2 is 2.15 bits per heavy atom. The lowest BCUT2D eigenvalue weighted by Gasteiger charge is -2.11. The van der Waals surface area contributed by atoms with E-state index in [1.54, 1.807) is 11.3 Å². The summed E-state index contributed by atoms with van der Waals surface area (Å²) in [6, 6.07) is 0.0709. The lowest BCUT2D eigenvalue weighted by Crippen LogP contribution is -2.16. The van der Waals surface area contributed by atoms with Gasteiger partial charge in [-0.3, -0.25) is 0 Å². The summed E-state index contributed by atoms with van der Waals surface area (Å²) in [6.45, 7) is 6.36. The molecule has 1 aromatic rings. The van der Waals surface area contributed by atoms with Crippen LogP contribution in [0.1, 0.15) is 36.7 Å². The second-order valence-electron chi connectivity index (χ2n) is 3.39. The lowest BCUT2D eigenvalue weighted by atomic mass is 10.1. The molecule has 0 aliphatic heterocycles. The maximum Gasteiger partial charge on any atom is 0.120 e. The highest BCUT2D eigenvalue weighted by Crippen LogP contribution is 2.29. The van der Waals surface area contributed by atoms with E-state index in [1.807, 2.05) is 0 Å². The lowest BCUT2D eigenvalue weighted by molar-refractivity contribution is 0.511. The average molecular weight is 263 g/mol. The molecule has 0 saturated heterocycles. The Labute approximate surface area is 91.7 Å². The van der Waals surface area contributed by atoms with Crippen molar-refractivity contribution < 1.29 is 0 Å². The maximum absolute atomic E-state index is 6.00. The SMILES string of the molecule is CCc1sc(C(N)C(C)C)nc1Br. The largest absolute Gasteiger partial charge is 0.322 e. The summed E-state index contributed by atoms with van der Waals surface area (Å²) >= 11 is 5.15. The topological polar surface area (TPSA) is 38.9 Å². The predicted molar refractivity (Wildman–Crippen MR) is 61.0 cm³/mol. The molecule has 0 fully saturated rings. The standard InChI is InChI=1S/C9H15BrN2S/c1-4-6-8(10)12-9(13-6)7(11)5(2)3/h5,7H,4,11H2,1-3H3. The molecule has 0 bridgehead atoms. The fraction of sp³-hybridized carbons (Fsp3) is 0.667. The molecule has 13 heavy (non-hydrogen) atoms. The molecule has 0 saturated carbocycles. The first kappa shape index (κ1) is 11.1. The summed E-state index contributed by atoms with van der Waals surface area (Å²) in [6.07, 6.45) is 1.02. The van der Waals surface area contributed by atoms with Crippen LogP contribution in [-0.2, 0) is 6.42 Å². The molecule has 0 amide bonds. The van der Waals surface area contributed by atoms with E-state index in [0.717, 1.165) is 16.0 Å². The fourth-order valence-electron chi connectivity index (χ4n) is 0.996. The number of aromatic nitrogens is 1. The third kappa shape index (κ3) is 2.51. The summed E-state index contributed by atoms with van der Waals surface area (Å²) in [4.78, 5) is 5.70. The molecule has 0 spiro atoms. The van der Waals surface area contributed by atoms with Gasteiger partial charge in [0.15, 0.2) is 0 Å². The predicted octanol–water partition coefficient (Wildman–Crippen LogP) is 3.12. The molecule has 1 heterocycles. The van der Waals surface area contributed by atoms with E-state index in [-0.39, 0.29) is 6.04 Å². The molecule has 0 aliphatic carbocycles. The Balaban J connectivity index is 2.90. The molecule has 74 valence electrons. The maximum atomic E-state index is 6.00. The van der Waals surface area contributed by atoms with Crippen molar-refractivity contribution in [2.24, 2.45) is 11.7 Å². The first-order valence-corrected chi connectivity index (χ1v) is 6.07. The van der Waals surface area contributed by atoms with Gasteiger partial charge >= 0.3 is 0 Å². The summed E-state index contributed by atoms with van der Waals surface area (Å²) in [5.74, 6) is 0.447. The molecule has 0 aliphatic rings. The minimum absolute atomic E-state index is 0.0709. The van der Waals surface area contributed by atoms with Crippen molar-refractivity contribution in [3.63, 3.8) is 0 Å². The number of nitrogens with two attached hydrogens (primary N) is 1. The number of thiazole rings is 1. The molecule has 0 aromatic carbocycles. The number of halogens is 1. The van der Waals surface area contributed by atoms with Crippen molar-refractivity contribution in [2.75, 3.05) is 0 Å². The third-order valence-corrected chi connectivity index (χ3v) is 4.21. The Morgan fingerprint density at radius 1 is 1.54 bits per heavy atom. The Hall–Kier alpha value is 0.0700. The Bertz CT molecular complexity index is 283. The van der Waals surface area contributed by atoms with Gasteiger partial charge in [0.25, 0.3) is 0 Å². The highest BCUT2D eigenvalue weighted by atomic mass is 79.9. The van der Waals surface area contributed by atoms with Crippen molar-refractivity contribution >= 4 is 27.3 Å². The van der Waals surface area contributed by atoms with E-state index in [0.29, 0.717) is 5.92 Å². The van der Waals surface area contributed by atoms with Gasteiger partial charge in [-0.05, 0) is 28.3 Å². The zero-order valence-electron chi connectivity index (χ0n) is 8.17. The van der Waals surface area contributed by atoms with E-state index in [1.165, 1.54) is 4.88 Å². The van der Waals surface area contributed by atoms with E-state index < -0.39 is 0 Å². The van der Waals surface area contributed by atoms with Crippen LogP contribution in [0.15, 0.2) is 4.60 Å². The minimum Gasteiger partial charge on any atom is -0.322 e. The molecule has 1 atom stereocenters. The smallest absolute Gasteiger partial charge is 0.120 e. The number of rotatable bonds is 3. The molecular formula is C9H15BrN2S. The molecule has 4 heteroatoms.